The minimum atomic E-state index is 0.273. The van der Waals surface area contributed by atoms with Crippen LogP contribution in [0.15, 0.2) is 18.6 Å². The van der Waals surface area contributed by atoms with Crippen LogP contribution in [0.3, 0.4) is 0 Å². The summed E-state index contributed by atoms with van der Waals surface area (Å²) in [4.78, 5) is 14.4. The average Bonchev–Trinajstić information content (AvgIpc) is 2.70. The van der Waals surface area contributed by atoms with Crippen LogP contribution in [0.5, 0.6) is 0 Å². The summed E-state index contributed by atoms with van der Waals surface area (Å²) in [6, 6.07) is 0. The minimum Gasteiger partial charge on any atom is -0.296 e. The molecule has 5 nitrogen and oxygen atoms in total. The molecular weight excluding hydrogens is 216 g/mol. The normalized spacial score (nSPS) is 10.3. The van der Waals surface area contributed by atoms with Crippen molar-refractivity contribution >= 4 is 17.9 Å². The van der Waals surface area contributed by atoms with Gasteiger partial charge < -0.3 is 0 Å². The van der Waals surface area contributed by atoms with Gasteiger partial charge in [-0.3, -0.25) is 9.78 Å². The van der Waals surface area contributed by atoms with Gasteiger partial charge in [-0.15, -0.1) is 5.10 Å². The van der Waals surface area contributed by atoms with Crippen molar-refractivity contribution in [2.24, 2.45) is 0 Å². The first-order valence-corrected chi connectivity index (χ1v) is 4.58. The summed E-state index contributed by atoms with van der Waals surface area (Å²) in [5.41, 5.74) is 1.83. The molecule has 0 amide bonds. The van der Waals surface area contributed by atoms with E-state index in [1.54, 1.807) is 12.4 Å². The van der Waals surface area contributed by atoms with Crippen LogP contribution < -0.4 is 0 Å². The maximum atomic E-state index is 10.4. The van der Waals surface area contributed by atoms with Crippen molar-refractivity contribution in [1.29, 1.82) is 0 Å². The predicted molar refractivity (Wildman–Crippen MR) is 54.3 cm³/mol. The molecule has 0 spiro atoms. The van der Waals surface area contributed by atoms with Gasteiger partial charge in [0.1, 0.15) is 5.69 Å². The van der Waals surface area contributed by atoms with Gasteiger partial charge >= 0.3 is 0 Å². The highest BCUT2D eigenvalue weighted by Gasteiger charge is 2.07. The Kier molecular flexibility index (Phi) is 2.47. The van der Waals surface area contributed by atoms with Crippen molar-refractivity contribution in [2.45, 2.75) is 6.92 Å². The summed E-state index contributed by atoms with van der Waals surface area (Å²) in [7, 11) is 0. The molecule has 0 aliphatic carbocycles. The Hall–Kier alpha value is -1.75. The predicted octanol–water partition coefficient (Wildman–Crippen LogP) is 1.44. The van der Waals surface area contributed by atoms with Crippen LogP contribution in [0.25, 0.3) is 5.69 Å². The summed E-state index contributed by atoms with van der Waals surface area (Å²) in [6.45, 7) is 1.85. The van der Waals surface area contributed by atoms with Crippen LogP contribution in [0.2, 0.25) is 5.02 Å². The highest BCUT2D eigenvalue weighted by molar-refractivity contribution is 6.31. The highest BCUT2D eigenvalue weighted by atomic mass is 35.5. The Morgan fingerprint density at radius 3 is 2.93 bits per heavy atom. The summed E-state index contributed by atoms with van der Waals surface area (Å²) < 4.78 is 1.47. The smallest absolute Gasteiger partial charge is 0.171 e. The number of nitrogens with zero attached hydrogens (tertiary/aromatic N) is 4. The molecule has 2 aromatic rings. The summed E-state index contributed by atoms with van der Waals surface area (Å²) in [6.07, 6.45) is 5.33. The highest BCUT2D eigenvalue weighted by Crippen LogP contribution is 2.19. The molecule has 0 saturated carbocycles. The Labute approximate surface area is 90.7 Å². The zero-order valence-electron chi connectivity index (χ0n) is 7.88. The fraction of sp³-hybridized carbons (Fsp3) is 0.111. The monoisotopic (exact) mass is 222 g/mol. The molecule has 0 atom stereocenters. The quantitative estimate of drug-likeness (QED) is 0.722. The van der Waals surface area contributed by atoms with E-state index in [4.69, 9.17) is 11.6 Å². The third-order valence-corrected chi connectivity index (χ3v) is 2.39. The van der Waals surface area contributed by atoms with Crippen LogP contribution in [-0.4, -0.2) is 26.3 Å². The Balaban J connectivity index is 2.53. The molecule has 0 fully saturated rings. The number of rotatable bonds is 2. The van der Waals surface area contributed by atoms with E-state index in [0.717, 1.165) is 5.56 Å². The first-order valence-electron chi connectivity index (χ1n) is 4.20. The molecule has 0 saturated heterocycles. The second-order valence-electron chi connectivity index (χ2n) is 2.97. The molecule has 0 bridgehead atoms. The number of pyridine rings is 1. The second kappa shape index (κ2) is 3.78. The first kappa shape index (κ1) is 9.79. The molecule has 6 heteroatoms. The molecule has 0 aromatic carbocycles. The number of aldehydes is 1. The molecule has 76 valence electrons. The van der Waals surface area contributed by atoms with E-state index in [9.17, 15) is 4.79 Å². The van der Waals surface area contributed by atoms with Crippen LogP contribution in [0.1, 0.15) is 16.1 Å². The maximum Gasteiger partial charge on any atom is 0.171 e. The van der Waals surface area contributed by atoms with Gasteiger partial charge in [0.25, 0.3) is 0 Å². The number of halogens is 1. The lowest BCUT2D eigenvalue weighted by Crippen LogP contribution is -1.99. The third kappa shape index (κ3) is 1.73. The van der Waals surface area contributed by atoms with Crippen molar-refractivity contribution in [1.82, 2.24) is 20.0 Å². The second-order valence-corrected chi connectivity index (χ2v) is 3.38. The molecular formula is C9H7ClN4O. The van der Waals surface area contributed by atoms with Crippen LogP contribution in [0.4, 0.5) is 0 Å². The molecule has 2 heterocycles. The van der Waals surface area contributed by atoms with E-state index in [1.165, 1.54) is 10.9 Å². The van der Waals surface area contributed by atoms with Gasteiger partial charge in [0.15, 0.2) is 6.29 Å². The van der Waals surface area contributed by atoms with E-state index in [1.807, 2.05) is 6.92 Å². The van der Waals surface area contributed by atoms with E-state index in [-0.39, 0.29) is 5.69 Å². The van der Waals surface area contributed by atoms with Crippen molar-refractivity contribution in [3.63, 3.8) is 0 Å². The SMILES string of the molecule is Cc1c(Cl)cncc1-n1cc(C=O)nn1. The van der Waals surface area contributed by atoms with Gasteiger partial charge in [-0.1, -0.05) is 16.8 Å². The molecule has 2 rings (SSSR count). The molecule has 0 N–H and O–H groups in total. The molecule has 0 unspecified atom stereocenters. The standard InChI is InChI=1S/C9H7ClN4O/c1-6-8(10)2-11-3-9(6)14-4-7(5-15)12-13-14/h2-5H,1H3. The van der Waals surface area contributed by atoms with Gasteiger partial charge in [-0.25, -0.2) is 4.68 Å². The maximum absolute atomic E-state index is 10.4. The summed E-state index contributed by atoms with van der Waals surface area (Å²) >= 11 is 5.91. The van der Waals surface area contributed by atoms with Crippen molar-refractivity contribution < 1.29 is 4.79 Å². The lowest BCUT2D eigenvalue weighted by atomic mass is 10.2. The van der Waals surface area contributed by atoms with Crippen LogP contribution >= 0.6 is 11.6 Å². The first-order chi connectivity index (χ1) is 7.22. The van der Waals surface area contributed by atoms with Crippen molar-refractivity contribution in [3.05, 3.63) is 34.9 Å². The fourth-order valence-electron chi connectivity index (χ4n) is 1.17. The minimum absolute atomic E-state index is 0.273. The van der Waals surface area contributed by atoms with E-state index in [2.05, 4.69) is 15.3 Å². The topological polar surface area (TPSA) is 60.7 Å². The Morgan fingerprint density at radius 2 is 2.27 bits per heavy atom. The Bertz CT molecular complexity index is 509. The summed E-state index contributed by atoms with van der Waals surface area (Å²) in [5.74, 6) is 0. The van der Waals surface area contributed by atoms with Gasteiger partial charge in [-0.2, -0.15) is 0 Å². The summed E-state index contributed by atoms with van der Waals surface area (Å²) in [5, 5.41) is 8.00. The molecule has 0 aliphatic heterocycles. The number of carbonyl (C=O) groups excluding carboxylic acids is 1. The number of carbonyl (C=O) groups is 1. The fourth-order valence-corrected chi connectivity index (χ4v) is 1.32. The van der Waals surface area contributed by atoms with Crippen molar-refractivity contribution in [2.75, 3.05) is 0 Å². The lowest BCUT2D eigenvalue weighted by molar-refractivity contribution is 0.111. The van der Waals surface area contributed by atoms with Crippen LogP contribution in [-0.2, 0) is 0 Å². The number of aromatic nitrogens is 4. The molecule has 0 aliphatic rings. The largest absolute Gasteiger partial charge is 0.296 e. The van der Waals surface area contributed by atoms with Crippen molar-refractivity contribution in [3.8, 4) is 5.69 Å². The molecule has 2 aromatic heterocycles. The average molecular weight is 223 g/mol. The van der Waals surface area contributed by atoms with E-state index < -0.39 is 0 Å². The number of hydrogen-bond donors (Lipinski definition) is 0. The van der Waals surface area contributed by atoms with Gasteiger partial charge in [0.2, 0.25) is 0 Å². The van der Waals surface area contributed by atoms with E-state index >= 15 is 0 Å². The Morgan fingerprint density at radius 1 is 1.47 bits per heavy atom. The van der Waals surface area contributed by atoms with Crippen LogP contribution in [0, 0.1) is 6.92 Å². The van der Waals surface area contributed by atoms with Gasteiger partial charge in [0, 0.05) is 6.20 Å². The molecule has 15 heavy (non-hydrogen) atoms. The van der Waals surface area contributed by atoms with Gasteiger partial charge in [0.05, 0.1) is 23.1 Å². The zero-order chi connectivity index (χ0) is 10.8. The lowest BCUT2D eigenvalue weighted by Gasteiger charge is -2.04. The zero-order valence-corrected chi connectivity index (χ0v) is 8.64. The van der Waals surface area contributed by atoms with E-state index in [0.29, 0.717) is 17.0 Å². The number of hydrogen-bond acceptors (Lipinski definition) is 4. The third-order valence-electron chi connectivity index (χ3n) is 2.01. The van der Waals surface area contributed by atoms with Gasteiger partial charge in [-0.05, 0) is 12.5 Å². The molecule has 0 radical (unpaired) electrons.